The van der Waals surface area contributed by atoms with E-state index in [0.29, 0.717) is 23.4 Å². The standard InChI is InChI=1S/C23H20N6/c1-14-18(12-24)22(16-8-9-20-17(11-16)23(26)28-27-20)19(13-25)21(29(14)2)10-15-6-4-3-5-7-15/h3-9,11,22H,10H2,1-2H3,(H3,26,27,28). The number of allylic oxidation sites excluding steroid dienone is 4. The van der Waals surface area contributed by atoms with Crippen molar-refractivity contribution in [3.63, 3.8) is 0 Å². The number of fused-ring (bicyclic) bond motifs is 1. The first kappa shape index (κ1) is 18.3. The highest BCUT2D eigenvalue weighted by atomic mass is 15.2. The molecule has 2 aromatic carbocycles. The Balaban J connectivity index is 1.91. The van der Waals surface area contributed by atoms with Gasteiger partial charge in [-0.2, -0.15) is 15.6 Å². The van der Waals surface area contributed by atoms with Crippen molar-refractivity contribution in [1.29, 1.82) is 10.5 Å². The zero-order valence-corrected chi connectivity index (χ0v) is 16.3. The molecular formula is C23H20N6. The van der Waals surface area contributed by atoms with Gasteiger partial charge in [0.2, 0.25) is 0 Å². The Morgan fingerprint density at radius 3 is 2.52 bits per heavy atom. The molecule has 1 atom stereocenters. The van der Waals surface area contributed by atoms with E-state index in [0.717, 1.165) is 33.4 Å². The Morgan fingerprint density at radius 2 is 1.83 bits per heavy atom. The van der Waals surface area contributed by atoms with E-state index in [2.05, 4.69) is 22.3 Å². The van der Waals surface area contributed by atoms with Gasteiger partial charge in [0.05, 0.1) is 34.7 Å². The molecule has 0 radical (unpaired) electrons. The van der Waals surface area contributed by atoms with Gasteiger partial charge < -0.3 is 10.6 Å². The van der Waals surface area contributed by atoms with Gasteiger partial charge in [-0.15, -0.1) is 0 Å². The van der Waals surface area contributed by atoms with Gasteiger partial charge in [-0.25, -0.2) is 0 Å². The lowest BCUT2D eigenvalue weighted by Crippen LogP contribution is -2.28. The van der Waals surface area contributed by atoms with E-state index >= 15 is 0 Å². The predicted octanol–water partition coefficient (Wildman–Crippen LogP) is 3.99. The van der Waals surface area contributed by atoms with Gasteiger partial charge >= 0.3 is 0 Å². The molecule has 1 aromatic heterocycles. The molecule has 1 aliphatic heterocycles. The van der Waals surface area contributed by atoms with Crippen molar-refractivity contribution < 1.29 is 0 Å². The fraction of sp³-hybridized carbons (Fsp3) is 0.174. The SMILES string of the molecule is CC1=C(C#N)C(c2ccc3[nH]nc(N)c3c2)C(C#N)=C(Cc2ccccc2)N1C. The molecule has 3 N–H and O–H groups in total. The molecule has 0 spiro atoms. The monoisotopic (exact) mass is 380 g/mol. The quantitative estimate of drug-likeness (QED) is 0.714. The number of nitrogens with one attached hydrogen (secondary N) is 1. The third-order valence-electron chi connectivity index (χ3n) is 5.59. The Bertz CT molecular complexity index is 1230. The molecule has 29 heavy (non-hydrogen) atoms. The number of aromatic nitrogens is 2. The van der Waals surface area contributed by atoms with E-state index in [-0.39, 0.29) is 0 Å². The molecule has 1 unspecified atom stereocenters. The number of benzene rings is 2. The van der Waals surface area contributed by atoms with Crippen LogP contribution in [0.1, 0.15) is 24.0 Å². The molecule has 2 heterocycles. The van der Waals surface area contributed by atoms with E-state index in [1.165, 1.54) is 0 Å². The first-order valence-electron chi connectivity index (χ1n) is 9.30. The molecule has 142 valence electrons. The van der Waals surface area contributed by atoms with Gasteiger partial charge in [-0.1, -0.05) is 36.4 Å². The van der Waals surface area contributed by atoms with Crippen molar-refractivity contribution in [2.45, 2.75) is 19.3 Å². The summed E-state index contributed by atoms with van der Waals surface area (Å²) in [5, 5.41) is 27.8. The van der Waals surface area contributed by atoms with Crippen molar-refractivity contribution in [2.75, 3.05) is 12.8 Å². The average molecular weight is 380 g/mol. The van der Waals surface area contributed by atoms with Crippen molar-refractivity contribution in [3.05, 3.63) is 82.2 Å². The first-order chi connectivity index (χ1) is 14.0. The average Bonchev–Trinajstić information content (AvgIpc) is 3.12. The molecule has 0 aliphatic carbocycles. The van der Waals surface area contributed by atoms with Crippen molar-refractivity contribution in [3.8, 4) is 12.1 Å². The topological polar surface area (TPSA) is 106 Å². The number of likely N-dealkylation sites (N-methyl/N-ethyl adjacent to an activating group) is 1. The Kier molecular flexibility index (Phi) is 4.54. The van der Waals surface area contributed by atoms with Gasteiger partial charge in [0.1, 0.15) is 0 Å². The molecule has 0 bridgehead atoms. The van der Waals surface area contributed by atoms with Crippen LogP contribution in [0.3, 0.4) is 0 Å². The number of anilines is 1. The number of hydrogen-bond donors (Lipinski definition) is 2. The predicted molar refractivity (Wildman–Crippen MR) is 112 cm³/mol. The number of nitrogens with two attached hydrogens (primary N) is 1. The van der Waals surface area contributed by atoms with E-state index in [1.54, 1.807) is 0 Å². The second kappa shape index (κ2) is 7.18. The fourth-order valence-electron chi connectivity index (χ4n) is 3.93. The summed E-state index contributed by atoms with van der Waals surface area (Å²) in [5.74, 6) is -0.0282. The third-order valence-corrected chi connectivity index (χ3v) is 5.59. The second-order valence-electron chi connectivity index (χ2n) is 7.15. The van der Waals surface area contributed by atoms with E-state index in [4.69, 9.17) is 5.73 Å². The van der Waals surface area contributed by atoms with Crippen LogP contribution in [0, 0.1) is 22.7 Å². The van der Waals surface area contributed by atoms with Crippen LogP contribution in [0.2, 0.25) is 0 Å². The minimum absolute atomic E-state index is 0.404. The van der Waals surface area contributed by atoms with Crippen LogP contribution < -0.4 is 5.73 Å². The Hall–Kier alpha value is -4.03. The number of rotatable bonds is 3. The Morgan fingerprint density at radius 1 is 1.10 bits per heavy atom. The number of hydrogen-bond acceptors (Lipinski definition) is 5. The van der Waals surface area contributed by atoms with Crippen LogP contribution in [-0.4, -0.2) is 22.1 Å². The maximum Gasteiger partial charge on any atom is 0.153 e. The molecule has 0 fully saturated rings. The van der Waals surface area contributed by atoms with Gasteiger partial charge in [0.25, 0.3) is 0 Å². The van der Waals surface area contributed by atoms with Crippen LogP contribution in [-0.2, 0) is 6.42 Å². The third kappa shape index (κ3) is 3.01. The van der Waals surface area contributed by atoms with E-state index in [9.17, 15) is 10.5 Å². The molecule has 3 aromatic rings. The maximum atomic E-state index is 10.1. The zero-order chi connectivity index (χ0) is 20.5. The zero-order valence-electron chi connectivity index (χ0n) is 16.3. The summed E-state index contributed by atoms with van der Waals surface area (Å²) >= 11 is 0. The lowest BCUT2D eigenvalue weighted by Gasteiger charge is -2.34. The lowest BCUT2D eigenvalue weighted by atomic mass is 9.79. The number of H-pyrrole nitrogens is 1. The molecule has 0 saturated heterocycles. The molecule has 6 nitrogen and oxygen atoms in total. The van der Waals surface area contributed by atoms with Gasteiger partial charge in [0, 0.05) is 30.2 Å². The summed E-state index contributed by atoms with van der Waals surface area (Å²) in [6.07, 6.45) is 0.614. The minimum atomic E-state index is -0.432. The molecule has 4 rings (SSSR count). The normalized spacial score (nSPS) is 16.8. The first-order valence-corrected chi connectivity index (χ1v) is 9.30. The summed E-state index contributed by atoms with van der Waals surface area (Å²) in [6, 6.07) is 20.5. The largest absolute Gasteiger partial charge is 0.382 e. The van der Waals surface area contributed by atoms with E-state index < -0.39 is 5.92 Å². The maximum absolute atomic E-state index is 10.1. The second-order valence-corrected chi connectivity index (χ2v) is 7.15. The van der Waals surface area contributed by atoms with Crippen LogP contribution in [0.15, 0.2) is 71.1 Å². The van der Waals surface area contributed by atoms with Crippen LogP contribution >= 0.6 is 0 Å². The highest BCUT2D eigenvalue weighted by molar-refractivity contribution is 5.89. The van der Waals surface area contributed by atoms with Crippen molar-refractivity contribution in [2.24, 2.45) is 0 Å². The number of nitriles is 2. The van der Waals surface area contributed by atoms with Crippen molar-refractivity contribution in [1.82, 2.24) is 15.1 Å². The molecule has 0 saturated carbocycles. The van der Waals surface area contributed by atoms with Gasteiger partial charge in [0.15, 0.2) is 5.82 Å². The van der Waals surface area contributed by atoms with Crippen LogP contribution in [0.25, 0.3) is 10.9 Å². The molecule has 0 amide bonds. The number of nitrogen functional groups attached to an aromatic ring is 1. The summed E-state index contributed by atoms with van der Waals surface area (Å²) in [7, 11) is 1.91. The number of nitrogens with zero attached hydrogens (tertiary/aromatic N) is 4. The highest BCUT2D eigenvalue weighted by Gasteiger charge is 2.33. The number of aromatic amines is 1. The highest BCUT2D eigenvalue weighted by Crippen LogP contribution is 2.42. The summed E-state index contributed by atoms with van der Waals surface area (Å²) in [5.41, 5.74) is 11.7. The summed E-state index contributed by atoms with van der Waals surface area (Å²) < 4.78 is 0. The van der Waals surface area contributed by atoms with E-state index in [1.807, 2.05) is 67.4 Å². The van der Waals surface area contributed by atoms with Gasteiger partial charge in [-0.05, 0) is 30.2 Å². The molecule has 1 aliphatic rings. The van der Waals surface area contributed by atoms with Crippen LogP contribution in [0.5, 0.6) is 0 Å². The molecule has 6 heteroatoms. The lowest BCUT2D eigenvalue weighted by molar-refractivity contribution is 0.475. The van der Waals surface area contributed by atoms with Crippen LogP contribution in [0.4, 0.5) is 5.82 Å². The smallest absolute Gasteiger partial charge is 0.153 e. The minimum Gasteiger partial charge on any atom is -0.382 e. The fourth-order valence-corrected chi connectivity index (χ4v) is 3.93. The molecular weight excluding hydrogens is 360 g/mol. The van der Waals surface area contributed by atoms with Crippen molar-refractivity contribution >= 4 is 16.7 Å². The Labute approximate surface area is 169 Å². The van der Waals surface area contributed by atoms with Gasteiger partial charge in [-0.3, -0.25) is 5.10 Å². The summed E-state index contributed by atoms with van der Waals surface area (Å²) in [4.78, 5) is 1.96. The summed E-state index contributed by atoms with van der Waals surface area (Å²) in [6.45, 7) is 1.93.